The van der Waals surface area contributed by atoms with Crippen molar-refractivity contribution in [2.45, 2.75) is 0 Å². The van der Waals surface area contributed by atoms with Crippen molar-refractivity contribution in [2.24, 2.45) is 0 Å². The lowest BCUT2D eigenvalue weighted by atomic mass is 10.1. The molecule has 0 aliphatic carbocycles. The van der Waals surface area contributed by atoms with Gasteiger partial charge in [-0.3, -0.25) is 9.97 Å². The summed E-state index contributed by atoms with van der Waals surface area (Å²) in [5, 5.41) is 9.34. The van der Waals surface area contributed by atoms with E-state index in [9.17, 15) is 0 Å². The average Bonchev–Trinajstić information content (AvgIpc) is 3.02. The molecule has 0 saturated carbocycles. The van der Waals surface area contributed by atoms with Crippen molar-refractivity contribution < 1.29 is 0 Å². The van der Waals surface area contributed by atoms with E-state index >= 15 is 0 Å². The number of nitrogens with zero attached hydrogens (tertiary/aromatic N) is 6. The number of likely N-dealkylation sites (N-methyl/N-ethyl adjacent to an activating group) is 2. The summed E-state index contributed by atoms with van der Waals surface area (Å²) < 4.78 is 0. The summed E-state index contributed by atoms with van der Waals surface area (Å²) in [7, 11) is 4.38. The number of benzene rings is 3. The van der Waals surface area contributed by atoms with Gasteiger partial charge in [-0.25, -0.2) is 0 Å². The molecule has 0 radical (unpaired) electrons. The van der Waals surface area contributed by atoms with E-state index in [1.807, 2.05) is 24.5 Å². The third-order valence-electron chi connectivity index (χ3n) is 8.63. The van der Waals surface area contributed by atoms with Crippen LogP contribution in [-0.2, 0) is 0 Å². The Hall–Kier alpha value is -4.40. The molecule has 0 amide bonds. The summed E-state index contributed by atoms with van der Waals surface area (Å²) in [6.07, 6.45) is 3.74. The summed E-state index contributed by atoms with van der Waals surface area (Å²) in [6.45, 7) is 8.68. The zero-order valence-corrected chi connectivity index (χ0v) is 24.4. The van der Waals surface area contributed by atoms with Crippen molar-refractivity contribution in [3.63, 3.8) is 0 Å². The molecule has 2 aliphatic rings. The first-order valence-electron chi connectivity index (χ1n) is 14.9. The zero-order valence-electron chi connectivity index (χ0n) is 24.4. The molecule has 2 fully saturated rings. The van der Waals surface area contributed by atoms with Crippen molar-refractivity contribution in [2.75, 3.05) is 86.9 Å². The molecule has 7 rings (SSSR count). The Morgan fingerprint density at radius 3 is 1.26 bits per heavy atom. The molecule has 2 saturated heterocycles. The Bertz CT molecular complexity index is 1540. The molecule has 5 aromatic rings. The van der Waals surface area contributed by atoms with E-state index in [1.165, 1.54) is 11.4 Å². The van der Waals surface area contributed by atoms with E-state index in [1.54, 1.807) is 0 Å². The molecule has 4 heterocycles. The van der Waals surface area contributed by atoms with Crippen LogP contribution in [0, 0.1) is 0 Å². The highest BCUT2D eigenvalue weighted by atomic mass is 15.3. The van der Waals surface area contributed by atoms with Crippen LogP contribution in [0.3, 0.4) is 0 Å². The van der Waals surface area contributed by atoms with Crippen LogP contribution in [0.2, 0.25) is 0 Å². The molecule has 0 unspecified atom stereocenters. The van der Waals surface area contributed by atoms with Crippen molar-refractivity contribution >= 4 is 55.9 Å². The normalized spacial score (nSPS) is 16.7. The van der Waals surface area contributed by atoms with Crippen molar-refractivity contribution in [1.82, 2.24) is 19.8 Å². The van der Waals surface area contributed by atoms with Crippen LogP contribution >= 0.6 is 0 Å². The maximum atomic E-state index is 4.72. The summed E-state index contributed by atoms with van der Waals surface area (Å²) in [5.41, 5.74) is 8.58. The van der Waals surface area contributed by atoms with Gasteiger partial charge in [0.05, 0.1) is 11.0 Å². The maximum Gasteiger partial charge on any atom is 0.0731 e. The van der Waals surface area contributed by atoms with Gasteiger partial charge in [-0.2, -0.15) is 0 Å². The molecular weight excluding hydrogens is 520 g/mol. The third kappa shape index (κ3) is 5.55. The summed E-state index contributed by atoms with van der Waals surface area (Å²) in [4.78, 5) is 19.1. The lowest BCUT2D eigenvalue weighted by Crippen LogP contribution is -2.44. The standard InChI is InChI=1S/C34H38N8/c1-39-15-19-41(20-16-39)27-7-3-25(4-8-27)37-31-11-13-35-33-24-30-32(12-14-36-34(30)23-29(31)33)38-26-5-9-28(10-6-26)42-21-17-40(2)18-22-42/h3-14,23-24H,15-22H2,1-2H3,(H,35,37)(H,36,38). The van der Waals surface area contributed by atoms with Gasteiger partial charge in [-0.05, 0) is 86.9 Å². The minimum absolute atomic E-state index is 0.933. The molecule has 0 atom stereocenters. The first-order chi connectivity index (χ1) is 20.6. The van der Waals surface area contributed by atoms with E-state index in [0.717, 1.165) is 96.9 Å². The van der Waals surface area contributed by atoms with E-state index < -0.39 is 0 Å². The lowest BCUT2D eigenvalue weighted by Gasteiger charge is -2.34. The number of pyridine rings is 2. The molecule has 0 spiro atoms. The topological polar surface area (TPSA) is 62.8 Å². The van der Waals surface area contributed by atoms with Gasteiger partial charge in [0.1, 0.15) is 0 Å². The quantitative estimate of drug-likeness (QED) is 0.255. The summed E-state index contributed by atoms with van der Waals surface area (Å²) in [5.74, 6) is 0. The minimum atomic E-state index is 0.933. The maximum absolute atomic E-state index is 4.72. The monoisotopic (exact) mass is 558 g/mol. The molecule has 3 aromatic carbocycles. The van der Waals surface area contributed by atoms with Crippen LogP contribution in [-0.4, -0.2) is 86.2 Å². The van der Waals surface area contributed by atoms with Gasteiger partial charge < -0.3 is 30.2 Å². The Morgan fingerprint density at radius 1 is 0.500 bits per heavy atom. The average molecular weight is 559 g/mol. The van der Waals surface area contributed by atoms with E-state index in [4.69, 9.17) is 9.97 Å². The van der Waals surface area contributed by atoms with Gasteiger partial charge in [0, 0.05) is 110 Å². The van der Waals surface area contributed by atoms with E-state index in [2.05, 4.69) is 105 Å². The molecule has 214 valence electrons. The number of rotatable bonds is 6. The SMILES string of the molecule is CN1CCN(c2ccc(Nc3ccnc4cc5c(Nc6ccc(N7CCN(C)CC7)cc6)ccnc5cc34)cc2)CC1. The second-order valence-electron chi connectivity index (χ2n) is 11.5. The van der Waals surface area contributed by atoms with Crippen LogP contribution in [0.4, 0.5) is 34.1 Å². The van der Waals surface area contributed by atoms with Gasteiger partial charge in [0.2, 0.25) is 0 Å². The van der Waals surface area contributed by atoms with Crippen LogP contribution in [0.15, 0.2) is 85.2 Å². The van der Waals surface area contributed by atoms with Gasteiger partial charge in [0.15, 0.2) is 0 Å². The second-order valence-corrected chi connectivity index (χ2v) is 11.5. The smallest absolute Gasteiger partial charge is 0.0731 e. The molecule has 2 aliphatic heterocycles. The number of hydrogen-bond donors (Lipinski definition) is 2. The Balaban J connectivity index is 1.11. The molecule has 2 aromatic heterocycles. The number of fused-ring (bicyclic) bond motifs is 2. The highest BCUT2D eigenvalue weighted by Gasteiger charge is 2.16. The van der Waals surface area contributed by atoms with E-state index in [-0.39, 0.29) is 0 Å². The Morgan fingerprint density at radius 2 is 0.881 bits per heavy atom. The fourth-order valence-electron chi connectivity index (χ4n) is 5.96. The molecule has 0 bridgehead atoms. The minimum Gasteiger partial charge on any atom is -0.369 e. The van der Waals surface area contributed by atoms with Crippen molar-refractivity contribution in [3.8, 4) is 0 Å². The second kappa shape index (κ2) is 11.5. The fraction of sp³-hybridized carbons (Fsp3) is 0.294. The van der Waals surface area contributed by atoms with Crippen LogP contribution in [0.1, 0.15) is 0 Å². The molecule has 42 heavy (non-hydrogen) atoms. The van der Waals surface area contributed by atoms with Gasteiger partial charge >= 0.3 is 0 Å². The van der Waals surface area contributed by atoms with Crippen LogP contribution in [0.25, 0.3) is 21.8 Å². The Labute approximate surface area is 247 Å². The van der Waals surface area contributed by atoms with Crippen LogP contribution < -0.4 is 20.4 Å². The van der Waals surface area contributed by atoms with Gasteiger partial charge in [-0.1, -0.05) is 0 Å². The number of aromatic nitrogens is 2. The predicted octanol–water partition coefficient (Wildman–Crippen LogP) is 5.77. The zero-order chi connectivity index (χ0) is 28.5. The molecule has 8 nitrogen and oxygen atoms in total. The highest BCUT2D eigenvalue weighted by Crippen LogP contribution is 2.33. The van der Waals surface area contributed by atoms with E-state index in [0.29, 0.717) is 0 Å². The first-order valence-corrected chi connectivity index (χ1v) is 14.9. The number of hydrogen-bond acceptors (Lipinski definition) is 8. The molecule has 8 heteroatoms. The van der Waals surface area contributed by atoms with Crippen molar-refractivity contribution in [3.05, 3.63) is 85.2 Å². The number of piperazine rings is 2. The van der Waals surface area contributed by atoms with Gasteiger partial charge in [0.25, 0.3) is 0 Å². The van der Waals surface area contributed by atoms with Crippen LogP contribution in [0.5, 0.6) is 0 Å². The first kappa shape index (κ1) is 26.5. The fourth-order valence-corrected chi connectivity index (χ4v) is 5.96. The number of anilines is 6. The molecular formula is C34H38N8. The molecule has 2 N–H and O–H groups in total. The number of nitrogens with one attached hydrogen (secondary N) is 2. The van der Waals surface area contributed by atoms with Gasteiger partial charge in [-0.15, -0.1) is 0 Å². The predicted molar refractivity (Wildman–Crippen MR) is 176 cm³/mol. The van der Waals surface area contributed by atoms with Crippen molar-refractivity contribution in [1.29, 1.82) is 0 Å². The lowest BCUT2D eigenvalue weighted by molar-refractivity contribution is 0.313. The summed E-state index contributed by atoms with van der Waals surface area (Å²) >= 11 is 0. The third-order valence-corrected chi connectivity index (χ3v) is 8.63. The largest absolute Gasteiger partial charge is 0.369 e. The Kier molecular flexibility index (Phi) is 7.23. The summed E-state index contributed by atoms with van der Waals surface area (Å²) in [6, 6.07) is 25.8. The highest BCUT2D eigenvalue weighted by molar-refractivity contribution is 6.05.